The Morgan fingerprint density at radius 1 is 1.56 bits per heavy atom. The minimum absolute atomic E-state index is 0.0136. The Hall–Kier alpha value is -1.35. The van der Waals surface area contributed by atoms with E-state index in [2.05, 4.69) is 18.8 Å². The molecule has 0 radical (unpaired) electrons. The zero-order valence-corrected chi connectivity index (χ0v) is 9.79. The van der Waals surface area contributed by atoms with Gasteiger partial charge < -0.3 is 10.1 Å². The maximum Gasteiger partial charge on any atom is 0.165 e. The van der Waals surface area contributed by atoms with E-state index in [0.717, 1.165) is 18.5 Å². The van der Waals surface area contributed by atoms with Crippen LogP contribution in [0.3, 0.4) is 0 Å². The van der Waals surface area contributed by atoms with Crippen molar-refractivity contribution in [3.05, 3.63) is 42.2 Å². The monoisotopic (exact) mass is 223 g/mol. The smallest absolute Gasteiger partial charge is 0.165 e. The van der Waals surface area contributed by atoms with Gasteiger partial charge in [0.1, 0.15) is 0 Å². The first kappa shape index (κ1) is 12.7. The maximum absolute atomic E-state index is 13.5. The minimum atomic E-state index is -0.342. The van der Waals surface area contributed by atoms with Gasteiger partial charge in [-0.25, -0.2) is 4.39 Å². The molecule has 0 aromatic heterocycles. The van der Waals surface area contributed by atoms with Crippen molar-refractivity contribution in [3.63, 3.8) is 0 Å². The molecule has 0 amide bonds. The zero-order valence-electron chi connectivity index (χ0n) is 9.79. The molecule has 0 saturated heterocycles. The molecule has 0 aliphatic heterocycles. The van der Waals surface area contributed by atoms with Crippen LogP contribution < -0.4 is 10.1 Å². The van der Waals surface area contributed by atoms with Crippen LogP contribution in [0.4, 0.5) is 4.39 Å². The van der Waals surface area contributed by atoms with Gasteiger partial charge in [-0.3, -0.25) is 0 Å². The highest BCUT2D eigenvalue weighted by atomic mass is 19.1. The van der Waals surface area contributed by atoms with Crippen molar-refractivity contribution < 1.29 is 9.13 Å². The topological polar surface area (TPSA) is 21.3 Å². The molecule has 0 spiro atoms. The van der Waals surface area contributed by atoms with E-state index in [4.69, 9.17) is 4.74 Å². The Labute approximate surface area is 96.1 Å². The van der Waals surface area contributed by atoms with Gasteiger partial charge in [0, 0.05) is 0 Å². The first-order valence-corrected chi connectivity index (χ1v) is 5.42. The number of hydrogen-bond acceptors (Lipinski definition) is 2. The second-order valence-electron chi connectivity index (χ2n) is 3.56. The lowest BCUT2D eigenvalue weighted by atomic mass is 10.1. The number of nitrogens with one attached hydrogen (secondary N) is 1. The van der Waals surface area contributed by atoms with Crippen molar-refractivity contribution in [1.29, 1.82) is 0 Å². The molecular formula is C13H18FNO. The highest BCUT2D eigenvalue weighted by Crippen LogP contribution is 2.22. The van der Waals surface area contributed by atoms with Crippen molar-refractivity contribution in [3.8, 4) is 5.75 Å². The summed E-state index contributed by atoms with van der Waals surface area (Å²) >= 11 is 0. The van der Waals surface area contributed by atoms with Crippen LogP contribution in [0.2, 0.25) is 0 Å². The van der Waals surface area contributed by atoms with Crippen LogP contribution in [0, 0.1) is 5.82 Å². The Balaban J connectivity index is 2.85. The predicted molar refractivity (Wildman–Crippen MR) is 64.2 cm³/mol. The van der Waals surface area contributed by atoms with Gasteiger partial charge in [0.25, 0.3) is 0 Å². The number of ether oxygens (including phenoxy) is 1. The molecule has 0 aliphatic rings. The molecule has 0 bridgehead atoms. The molecule has 0 heterocycles. The Morgan fingerprint density at radius 2 is 2.31 bits per heavy atom. The fraction of sp³-hybridized carbons (Fsp3) is 0.385. The van der Waals surface area contributed by atoms with Crippen molar-refractivity contribution >= 4 is 0 Å². The van der Waals surface area contributed by atoms with Crippen LogP contribution in [0.25, 0.3) is 0 Å². The fourth-order valence-electron chi connectivity index (χ4n) is 1.51. The van der Waals surface area contributed by atoms with Crippen LogP contribution in [-0.4, -0.2) is 13.7 Å². The molecule has 1 N–H and O–H groups in total. The van der Waals surface area contributed by atoms with Gasteiger partial charge in [0.2, 0.25) is 0 Å². The molecule has 2 nitrogen and oxygen atoms in total. The number of rotatable bonds is 6. The van der Waals surface area contributed by atoms with Crippen LogP contribution in [0.15, 0.2) is 30.9 Å². The largest absolute Gasteiger partial charge is 0.494 e. The summed E-state index contributed by atoms with van der Waals surface area (Å²) in [5.74, 6) is -0.0767. The summed E-state index contributed by atoms with van der Waals surface area (Å²) in [5, 5.41) is 3.27. The Bertz CT molecular complexity index is 352. The molecule has 0 fully saturated rings. The lowest BCUT2D eigenvalue weighted by molar-refractivity contribution is 0.386. The molecule has 3 heteroatoms. The number of hydrogen-bond donors (Lipinski definition) is 1. The van der Waals surface area contributed by atoms with Gasteiger partial charge in [-0.1, -0.05) is 19.1 Å². The molecule has 0 aliphatic carbocycles. The first-order valence-electron chi connectivity index (χ1n) is 5.42. The van der Waals surface area contributed by atoms with Crippen LogP contribution in [-0.2, 0) is 0 Å². The van der Waals surface area contributed by atoms with E-state index in [1.807, 2.05) is 6.07 Å². The fourth-order valence-corrected chi connectivity index (χ4v) is 1.51. The second kappa shape index (κ2) is 6.28. The third-order valence-corrected chi connectivity index (χ3v) is 2.38. The summed E-state index contributed by atoms with van der Waals surface area (Å²) in [5.41, 5.74) is 0.863. The summed E-state index contributed by atoms with van der Waals surface area (Å²) in [6, 6.07) is 4.94. The third-order valence-electron chi connectivity index (χ3n) is 2.38. The van der Waals surface area contributed by atoms with E-state index in [9.17, 15) is 4.39 Å². The molecular weight excluding hydrogens is 205 g/mol. The third kappa shape index (κ3) is 3.07. The summed E-state index contributed by atoms with van der Waals surface area (Å²) in [6.45, 7) is 6.71. The van der Waals surface area contributed by atoms with E-state index in [0.29, 0.717) is 0 Å². The standard InChI is InChI=1S/C13H18FNO/c1-4-8-15-12(5-2)10-6-7-13(16-3)11(14)9-10/h5-7,9,12,15H,2,4,8H2,1,3H3. The molecule has 88 valence electrons. The number of benzene rings is 1. The molecule has 1 rings (SSSR count). The summed E-state index contributed by atoms with van der Waals surface area (Å²) in [7, 11) is 1.46. The van der Waals surface area contributed by atoms with Gasteiger partial charge in [0.15, 0.2) is 11.6 Å². The molecule has 0 saturated carbocycles. The lowest BCUT2D eigenvalue weighted by Gasteiger charge is -2.15. The van der Waals surface area contributed by atoms with Crippen LogP contribution in [0.5, 0.6) is 5.75 Å². The molecule has 1 aromatic rings. The molecule has 16 heavy (non-hydrogen) atoms. The SMILES string of the molecule is C=CC(NCCC)c1ccc(OC)c(F)c1. The van der Waals surface area contributed by atoms with Crippen molar-refractivity contribution in [2.45, 2.75) is 19.4 Å². The quantitative estimate of drug-likeness (QED) is 0.748. The summed E-state index contributed by atoms with van der Waals surface area (Å²) < 4.78 is 18.4. The average Bonchev–Trinajstić information content (AvgIpc) is 2.30. The highest BCUT2D eigenvalue weighted by molar-refractivity contribution is 5.32. The normalized spacial score (nSPS) is 12.2. The van der Waals surface area contributed by atoms with E-state index in [-0.39, 0.29) is 17.6 Å². The molecule has 1 aromatic carbocycles. The number of methoxy groups -OCH3 is 1. The first-order chi connectivity index (χ1) is 7.72. The van der Waals surface area contributed by atoms with Crippen LogP contribution >= 0.6 is 0 Å². The van der Waals surface area contributed by atoms with E-state index >= 15 is 0 Å². The van der Waals surface area contributed by atoms with Crippen molar-refractivity contribution in [1.82, 2.24) is 5.32 Å². The van der Waals surface area contributed by atoms with Gasteiger partial charge in [0.05, 0.1) is 13.2 Å². The van der Waals surface area contributed by atoms with Gasteiger partial charge in [-0.05, 0) is 30.7 Å². The Kier molecular flexibility index (Phi) is 4.99. The van der Waals surface area contributed by atoms with Crippen molar-refractivity contribution in [2.75, 3.05) is 13.7 Å². The van der Waals surface area contributed by atoms with E-state index in [1.54, 1.807) is 12.1 Å². The summed E-state index contributed by atoms with van der Waals surface area (Å²) in [4.78, 5) is 0. The highest BCUT2D eigenvalue weighted by Gasteiger charge is 2.09. The van der Waals surface area contributed by atoms with Gasteiger partial charge in [-0.2, -0.15) is 0 Å². The zero-order chi connectivity index (χ0) is 12.0. The molecule has 1 atom stereocenters. The average molecular weight is 223 g/mol. The van der Waals surface area contributed by atoms with Crippen LogP contribution in [0.1, 0.15) is 24.9 Å². The Morgan fingerprint density at radius 3 is 2.81 bits per heavy atom. The van der Waals surface area contributed by atoms with E-state index < -0.39 is 0 Å². The molecule has 1 unspecified atom stereocenters. The lowest BCUT2D eigenvalue weighted by Crippen LogP contribution is -2.20. The van der Waals surface area contributed by atoms with Crippen molar-refractivity contribution in [2.24, 2.45) is 0 Å². The maximum atomic E-state index is 13.5. The number of halogens is 1. The summed E-state index contributed by atoms with van der Waals surface area (Å²) in [6.07, 6.45) is 2.81. The van der Waals surface area contributed by atoms with Gasteiger partial charge in [-0.15, -0.1) is 6.58 Å². The predicted octanol–water partition coefficient (Wildman–Crippen LogP) is 3.06. The minimum Gasteiger partial charge on any atom is -0.494 e. The second-order valence-corrected chi connectivity index (χ2v) is 3.56. The van der Waals surface area contributed by atoms with E-state index in [1.165, 1.54) is 13.2 Å². The van der Waals surface area contributed by atoms with Gasteiger partial charge >= 0.3 is 0 Å².